The fourth-order valence-electron chi connectivity index (χ4n) is 4.35. The number of aromatic nitrogens is 3. The monoisotopic (exact) mass is 448 g/mol. The van der Waals surface area contributed by atoms with Crippen molar-refractivity contribution in [1.29, 1.82) is 0 Å². The number of pyridine rings is 1. The predicted molar refractivity (Wildman–Crippen MR) is 121 cm³/mol. The molecule has 0 radical (unpaired) electrons. The zero-order valence-corrected chi connectivity index (χ0v) is 18.6. The number of benzene rings is 2. The van der Waals surface area contributed by atoms with Gasteiger partial charge in [-0.1, -0.05) is 47.6 Å². The normalized spacial score (nSPS) is 17.6. The number of aryl methyl sites for hydroxylation is 1. The maximum atomic E-state index is 13.5. The highest BCUT2D eigenvalue weighted by atomic mass is 32.2. The Balaban J connectivity index is 1.35. The third-order valence-corrected chi connectivity index (χ3v) is 7.91. The van der Waals surface area contributed by atoms with Crippen LogP contribution in [0.3, 0.4) is 0 Å². The van der Waals surface area contributed by atoms with Gasteiger partial charge in [-0.25, -0.2) is 8.42 Å². The van der Waals surface area contributed by atoms with Crippen molar-refractivity contribution in [2.45, 2.75) is 31.1 Å². The van der Waals surface area contributed by atoms with Gasteiger partial charge in [0.1, 0.15) is 4.90 Å². The maximum absolute atomic E-state index is 13.5. The van der Waals surface area contributed by atoms with Crippen LogP contribution in [0.25, 0.3) is 22.3 Å². The molecule has 8 heteroatoms. The third kappa shape index (κ3) is 3.91. The molecule has 2 aromatic carbocycles. The van der Waals surface area contributed by atoms with Gasteiger partial charge >= 0.3 is 0 Å². The van der Waals surface area contributed by atoms with Crippen LogP contribution in [0.1, 0.15) is 24.3 Å². The second-order valence-electron chi connectivity index (χ2n) is 8.23. The van der Waals surface area contributed by atoms with Gasteiger partial charge in [-0.15, -0.1) is 0 Å². The van der Waals surface area contributed by atoms with Gasteiger partial charge in [0.15, 0.2) is 0 Å². The number of fused-ring (bicyclic) bond motifs is 1. The first-order chi connectivity index (χ1) is 15.5. The van der Waals surface area contributed by atoms with Crippen molar-refractivity contribution in [1.82, 2.24) is 19.4 Å². The van der Waals surface area contributed by atoms with Gasteiger partial charge in [0.25, 0.3) is 0 Å². The van der Waals surface area contributed by atoms with Crippen molar-refractivity contribution in [3.8, 4) is 11.4 Å². The minimum absolute atomic E-state index is 0.117. The lowest BCUT2D eigenvalue weighted by Crippen LogP contribution is -2.40. The summed E-state index contributed by atoms with van der Waals surface area (Å²) in [4.78, 5) is 9.15. The smallest absolute Gasteiger partial charge is 0.245 e. The number of hydrogen-bond acceptors (Lipinski definition) is 6. The molecular formula is C24H24N4O3S. The Labute approximate surface area is 187 Å². The van der Waals surface area contributed by atoms with Gasteiger partial charge in [-0.05, 0) is 43.4 Å². The number of hydrogen-bond donors (Lipinski definition) is 0. The summed E-state index contributed by atoms with van der Waals surface area (Å²) in [6.45, 7) is 2.94. The van der Waals surface area contributed by atoms with E-state index in [1.54, 1.807) is 22.6 Å². The number of rotatable bonds is 5. The second-order valence-corrected chi connectivity index (χ2v) is 10.1. The number of piperidine rings is 1. The summed E-state index contributed by atoms with van der Waals surface area (Å²) >= 11 is 0. The second kappa shape index (κ2) is 8.44. The van der Waals surface area contributed by atoms with Crippen molar-refractivity contribution < 1.29 is 12.9 Å². The highest BCUT2D eigenvalue weighted by Crippen LogP contribution is 2.29. The highest BCUT2D eigenvalue weighted by molar-refractivity contribution is 7.89. The molecule has 1 atom stereocenters. The van der Waals surface area contributed by atoms with E-state index in [1.165, 1.54) is 0 Å². The van der Waals surface area contributed by atoms with E-state index in [4.69, 9.17) is 4.52 Å². The summed E-state index contributed by atoms with van der Waals surface area (Å²) < 4.78 is 34.0. The first kappa shape index (κ1) is 20.8. The molecule has 0 saturated carbocycles. The lowest BCUT2D eigenvalue weighted by atomic mass is 9.96. The molecule has 1 unspecified atom stereocenters. The molecule has 1 saturated heterocycles. The molecule has 0 amide bonds. The SMILES string of the molecule is Cc1ccccc1-c1noc(CC2CCCN(S(=O)(=O)c3cccc4cccnc34)C2)n1. The summed E-state index contributed by atoms with van der Waals surface area (Å²) in [5, 5.41) is 4.95. The summed E-state index contributed by atoms with van der Waals surface area (Å²) in [6, 6.07) is 16.9. The van der Waals surface area contributed by atoms with Crippen LogP contribution in [0, 0.1) is 12.8 Å². The Morgan fingerprint density at radius 2 is 1.94 bits per heavy atom. The van der Waals surface area contributed by atoms with Crippen LogP contribution in [-0.4, -0.2) is 40.9 Å². The van der Waals surface area contributed by atoms with E-state index in [2.05, 4.69) is 15.1 Å². The van der Waals surface area contributed by atoms with E-state index in [-0.39, 0.29) is 10.8 Å². The Kier molecular flexibility index (Phi) is 5.48. The molecule has 4 aromatic rings. The zero-order chi connectivity index (χ0) is 22.1. The molecule has 0 bridgehead atoms. The van der Waals surface area contributed by atoms with Gasteiger partial charge in [-0.3, -0.25) is 4.98 Å². The van der Waals surface area contributed by atoms with Crippen molar-refractivity contribution in [3.63, 3.8) is 0 Å². The molecule has 2 aromatic heterocycles. The lowest BCUT2D eigenvalue weighted by molar-refractivity contribution is 0.247. The molecule has 3 heterocycles. The Morgan fingerprint density at radius 3 is 2.81 bits per heavy atom. The Hall–Kier alpha value is -3.10. The van der Waals surface area contributed by atoms with Crippen molar-refractivity contribution in [2.75, 3.05) is 13.1 Å². The van der Waals surface area contributed by atoms with Crippen molar-refractivity contribution in [2.24, 2.45) is 5.92 Å². The summed E-state index contributed by atoms with van der Waals surface area (Å²) in [5.41, 5.74) is 2.54. The van der Waals surface area contributed by atoms with Gasteiger partial charge in [0.05, 0.1) is 5.52 Å². The average molecular weight is 449 g/mol. The summed E-state index contributed by atoms with van der Waals surface area (Å²) in [5.74, 6) is 1.23. The molecule has 0 N–H and O–H groups in total. The molecule has 0 aliphatic carbocycles. The standard InChI is InChI=1S/C24H24N4O3S/c1-17-7-2-3-11-20(17)24-26-22(31-27-24)15-18-8-6-14-28(16-18)32(29,30)21-12-4-9-19-10-5-13-25-23(19)21/h2-5,7,9-13,18H,6,8,14-16H2,1H3. The number of sulfonamides is 1. The van der Waals surface area contributed by atoms with Crippen LogP contribution in [0.5, 0.6) is 0 Å². The Morgan fingerprint density at radius 1 is 1.09 bits per heavy atom. The van der Waals surface area contributed by atoms with Gasteiger partial charge < -0.3 is 4.52 Å². The molecule has 1 fully saturated rings. The lowest BCUT2D eigenvalue weighted by Gasteiger charge is -2.31. The molecular weight excluding hydrogens is 424 g/mol. The van der Waals surface area contributed by atoms with Gasteiger partial charge in [-0.2, -0.15) is 9.29 Å². The average Bonchev–Trinajstić information content (AvgIpc) is 3.27. The number of para-hydroxylation sites is 1. The molecule has 1 aliphatic heterocycles. The van der Waals surface area contributed by atoms with E-state index >= 15 is 0 Å². The van der Waals surface area contributed by atoms with Gasteiger partial charge in [0.2, 0.25) is 21.7 Å². The largest absolute Gasteiger partial charge is 0.339 e. The number of nitrogens with zero attached hydrogens (tertiary/aromatic N) is 4. The van der Waals surface area contributed by atoms with E-state index in [0.29, 0.717) is 36.7 Å². The molecule has 32 heavy (non-hydrogen) atoms. The minimum Gasteiger partial charge on any atom is -0.339 e. The minimum atomic E-state index is -3.65. The van der Waals surface area contributed by atoms with Crippen molar-refractivity contribution >= 4 is 20.9 Å². The van der Waals surface area contributed by atoms with Crippen LogP contribution in [0.4, 0.5) is 0 Å². The summed E-state index contributed by atoms with van der Waals surface area (Å²) in [7, 11) is -3.65. The third-order valence-electron chi connectivity index (χ3n) is 6.01. The molecule has 7 nitrogen and oxygen atoms in total. The summed E-state index contributed by atoms with van der Waals surface area (Å²) in [6.07, 6.45) is 3.89. The quantitative estimate of drug-likeness (QED) is 0.454. The van der Waals surface area contributed by atoms with Crippen molar-refractivity contribution in [3.05, 3.63) is 72.2 Å². The fraction of sp³-hybridized carbons (Fsp3) is 0.292. The van der Waals surface area contributed by atoms with Crippen LogP contribution >= 0.6 is 0 Å². The van der Waals surface area contributed by atoms with Crippen LogP contribution in [0.15, 0.2) is 70.2 Å². The Bertz CT molecular complexity index is 1360. The first-order valence-electron chi connectivity index (χ1n) is 10.7. The van der Waals surface area contributed by atoms with Crippen LogP contribution in [0.2, 0.25) is 0 Å². The first-order valence-corrected chi connectivity index (χ1v) is 12.2. The fourth-order valence-corrected chi connectivity index (χ4v) is 6.07. The van der Waals surface area contributed by atoms with Crippen LogP contribution < -0.4 is 0 Å². The maximum Gasteiger partial charge on any atom is 0.245 e. The van der Waals surface area contributed by atoms with E-state index in [9.17, 15) is 8.42 Å². The van der Waals surface area contributed by atoms with E-state index < -0.39 is 10.0 Å². The predicted octanol–water partition coefficient (Wildman–Crippen LogP) is 4.24. The molecule has 0 spiro atoms. The van der Waals surface area contributed by atoms with Gasteiger partial charge in [0, 0.05) is 36.7 Å². The highest BCUT2D eigenvalue weighted by Gasteiger charge is 2.32. The van der Waals surface area contributed by atoms with E-state index in [0.717, 1.165) is 29.4 Å². The topological polar surface area (TPSA) is 89.2 Å². The molecule has 5 rings (SSSR count). The van der Waals surface area contributed by atoms with E-state index in [1.807, 2.05) is 49.4 Å². The zero-order valence-electron chi connectivity index (χ0n) is 17.8. The molecule has 1 aliphatic rings. The van der Waals surface area contributed by atoms with Crippen LogP contribution in [-0.2, 0) is 16.4 Å². The molecule has 164 valence electrons.